The first-order valence-electron chi connectivity index (χ1n) is 6.22. The minimum Gasteiger partial charge on any atom is -0.305 e. The monoisotopic (exact) mass is 321 g/mol. The average Bonchev–Trinajstić information content (AvgIpc) is 2.87. The predicted octanol–water partition coefficient (Wildman–Crippen LogP) is 3.94. The predicted molar refractivity (Wildman–Crippen MR) is 79.4 cm³/mol. The molecule has 0 aliphatic heterocycles. The lowest BCUT2D eigenvalue weighted by molar-refractivity contribution is 0.102. The molecule has 100 valence electrons. The minimum absolute atomic E-state index is 0.158. The molecule has 0 saturated heterocycles. The fourth-order valence-corrected chi connectivity index (χ4v) is 1.93. The van der Waals surface area contributed by atoms with Crippen LogP contribution in [-0.4, -0.2) is 16.1 Å². The molecular formula is C14H16BrN3O. The molecule has 0 bridgehead atoms. The van der Waals surface area contributed by atoms with Crippen LogP contribution in [0.15, 0.2) is 34.8 Å². The van der Waals surface area contributed by atoms with Crippen LogP contribution in [0.25, 0.3) is 0 Å². The summed E-state index contributed by atoms with van der Waals surface area (Å²) in [5.41, 5.74) is 1.64. The zero-order chi connectivity index (χ0) is 13.8. The van der Waals surface area contributed by atoms with E-state index >= 15 is 0 Å². The summed E-state index contributed by atoms with van der Waals surface area (Å²) in [6, 6.07) is 9.09. The molecule has 1 atom stereocenters. The highest BCUT2D eigenvalue weighted by Gasteiger charge is 2.10. The van der Waals surface area contributed by atoms with Gasteiger partial charge in [0.1, 0.15) is 0 Å². The number of nitrogens with one attached hydrogen (secondary N) is 2. The summed E-state index contributed by atoms with van der Waals surface area (Å²) in [5, 5.41) is 9.83. The molecule has 0 spiro atoms. The Labute approximate surface area is 120 Å². The van der Waals surface area contributed by atoms with E-state index in [9.17, 15) is 4.79 Å². The van der Waals surface area contributed by atoms with Crippen LogP contribution in [-0.2, 0) is 0 Å². The van der Waals surface area contributed by atoms with Crippen molar-refractivity contribution in [1.29, 1.82) is 0 Å². The summed E-state index contributed by atoms with van der Waals surface area (Å²) >= 11 is 3.34. The van der Waals surface area contributed by atoms with Gasteiger partial charge in [0.2, 0.25) is 0 Å². The third-order valence-corrected chi connectivity index (χ3v) is 3.62. The van der Waals surface area contributed by atoms with Gasteiger partial charge in [-0.25, -0.2) is 0 Å². The number of carbonyl (C=O) groups is 1. The smallest absolute Gasteiger partial charge is 0.256 e. The Kier molecular flexibility index (Phi) is 4.37. The number of H-pyrrole nitrogens is 1. The fraction of sp³-hybridized carbons (Fsp3) is 0.286. The van der Waals surface area contributed by atoms with Gasteiger partial charge in [0.25, 0.3) is 5.91 Å². The molecule has 2 N–H and O–H groups in total. The minimum atomic E-state index is -0.158. The number of anilines is 1. The van der Waals surface area contributed by atoms with Gasteiger partial charge in [0.05, 0.1) is 0 Å². The van der Waals surface area contributed by atoms with Crippen molar-refractivity contribution >= 4 is 27.7 Å². The number of hydrogen-bond donors (Lipinski definition) is 2. The number of carbonyl (C=O) groups excluding carboxylic acids is 1. The molecule has 1 amide bonds. The maximum atomic E-state index is 12.0. The normalized spacial score (nSPS) is 12.2. The van der Waals surface area contributed by atoms with E-state index in [1.54, 1.807) is 12.1 Å². The van der Waals surface area contributed by atoms with Crippen molar-refractivity contribution in [2.24, 2.45) is 0 Å². The second-order valence-electron chi connectivity index (χ2n) is 4.48. The molecular weight excluding hydrogens is 306 g/mol. The third-order valence-electron chi connectivity index (χ3n) is 3.09. The first kappa shape index (κ1) is 13.8. The molecule has 1 aromatic heterocycles. The van der Waals surface area contributed by atoms with Crippen molar-refractivity contribution in [1.82, 2.24) is 10.2 Å². The van der Waals surface area contributed by atoms with Gasteiger partial charge in [-0.2, -0.15) is 5.10 Å². The highest BCUT2D eigenvalue weighted by atomic mass is 79.9. The zero-order valence-electron chi connectivity index (χ0n) is 10.9. The Hall–Kier alpha value is -1.62. The standard InChI is InChI=1S/C14H16BrN3O/c1-3-9(2)12-8-13(18-17-12)16-14(19)10-4-6-11(15)7-5-10/h4-9H,3H2,1-2H3,(H2,16,17,18,19). The molecule has 2 rings (SSSR count). The Morgan fingerprint density at radius 2 is 2.11 bits per heavy atom. The van der Waals surface area contributed by atoms with Crippen LogP contribution in [0.4, 0.5) is 5.82 Å². The van der Waals surface area contributed by atoms with Gasteiger partial charge < -0.3 is 5.32 Å². The SMILES string of the molecule is CCC(C)c1cc(NC(=O)c2ccc(Br)cc2)n[nH]1. The molecule has 19 heavy (non-hydrogen) atoms. The van der Waals surface area contributed by atoms with Crippen LogP contribution < -0.4 is 5.32 Å². The number of aromatic nitrogens is 2. The van der Waals surface area contributed by atoms with Crippen LogP contribution in [0.1, 0.15) is 42.2 Å². The molecule has 1 unspecified atom stereocenters. The molecule has 1 aromatic carbocycles. The van der Waals surface area contributed by atoms with Crippen LogP contribution in [0.5, 0.6) is 0 Å². The van der Waals surface area contributed by atoms with Gasteiger partial charge in [0, 0.05) is 21.8 Å². The van der Waals surface area contributed by atoms with E-state index in [0.717, 1.165) is 16.6 Å². The molecule has 5 heteroatoms. The van der Waals surface area contributed by atoms with Gasteiger partial charge in [-0.15, -0.1) is 0 Å². The van der Waals surface area contributed by atoms with E-state index in [0.29, 0.717) is 17.3 Å². The first-order chi connectivity index (χ1) is 9.10. The Morgan fingerprint density at radius 1 is 1.42 bits per heavy atom. The van der Waals surface area contributed by atoms with E-state index < -0.39 is 0 Å². The lowest BCUT2D eigenvalue weighted by Crippen LogP contribution is -2.11. The molecule has 0 aliphatic carbocycles. The molecule has 0 saturated carbocycles. The Balaban J connectivity index is 2.06. The van der Waals surface area contributed by atoms with Gasteiger partial charge in [-0.1, -0.05) is 29.8 Å². The van der Waals surface area contributed by atoms with Gasteiger partial charge in [-0.3, -0.25) is 9.89 Å². The Morgan fingerprint density at radius 3 is 2.74 bits per heavy atom. The number of halogens is 1. The van der Waals surface area contributed by atoms with Crippen molar-refractivity contribution in [3.05, 3.63) is 46.1 Å². The summed E-state index contributed by atoms with van der Waals surface area (Å²) in [6.45, 7) is 4.24. The van der Waals surface area contributed by atoms with E-state index in [-0.39, 0.29) is 5.91 Å². The second-order valence-corrected chi connectivity index (χ2v) is 5.39. The number of aromatic amines is 1. The molecule has 0 radical (unpaired) electrons. The van der Waals surface area contributed by atoms with Crippen molar-refractivity contribution < 1.29 is 4.79 Å². The first-order valence-corrected chi connectivity index (χ1v) is 7.01. The number of benzene rings is 1. The third kappa shape index (κ3) is 3.44. The van der Waals surface area contributed by atoms with Gasteiger partial charge in [0.15, 0.2) is 5.82 Å². The fourth-order valence-electron chi connectivity index (χ4n) is 1.66. The molecule has 4 nitrogen and oxygen atoms in total. The van der Waals surface area contributed by atoms with E-state index in [2.05, 4.69) is 45.3 Å². The second kappa shape index (κ2) is 6.02. The van der Waals surface area contributed by atoms with E-state index in [1.807, 2.05) is 18.2 Å². The van der Waals surface area contributed by atoms with Crippen molar-refractivity contribution in [3.8, 4) is 0 Å². The number of rotatable bonds is 4. The lowest BCUT2D eigenvalue weighted by atomic mass is 10.1. The van der Waals surface area contributed by atoms with Crippen LogP contribution in [0.3, 0.4) is 0 Å². The summed E-state index contributed by atoms with van der Waals surface area (Å²) < 4.78 is 0.947. The van der Waals surface area contributed by atoms with E-state index in [1.165, 1.54) is 0 Å². The van der Waals surface area contributed by atoms with Crippen molar-refractivity contribution in [3.63, 3.8) is 0 Å². The van der Waals surface area contributed by atoms with Gasteiger partial charge >= 0.3 is 0 Å². The van der Waals surface area contributed by atoms with Crippen molar-refractivity contribution in [2.75, 3.05) is 5.32 Å². The molecule has 1 heterocycles. The number of amides is 1. The highest BCUT2D eigenvalue weighted by molar-refractivity contribution is 9.10. The topological polar surface area (TPSA) is 57.8 Å². The number of nitrogens with zero attached hydrogens (tertiary/aromatic N) is 1. The largest absolute Gasteiger partial charge is 0.305 e. The highest BCUT2D eigenvalue weighted by Crippen LogP contribution is 2.19. The van der Waals surface area contributed by atoms with Crippen molar-refractivity contribution in [2.45, 2.75) is 26.2 Å². The molecule has 0 aliphatic rings. The lowest BCUT2D eigenvalue weighted by Gasteiger charge is -2.03. The molecule has 2 aromatic rings. The zero-order valence-corrected chi connectivity index (χ0v) is 12.5. The quantitative estimate of drug-likeness (QED) is 0.896. The van der Waals surface area contributed by atoms with Crippen LogP contribution in [0.2, 0.25) is 0 Å². The maximum Gasteiger partial charge on any atom is 0.256 e. The van der Waals surface area contributed by atoms with Gasteiger partial charge in [-0.05, 0) is 36.6 Å². The average molecular weight is 322 g/mol. The van der Waals surface area contributed by atoms with Crippen LogP contribution >= 0.6 is 15.9 Å². The van der Waals surface area contributed by atoms with Crippen LogP contribution in [0, 0.1) is 0 Å². The van der Waals surface area contributed by atoms with E-state index in [4.69, 9.17) is 0 Å². The Bertz CT molecular complexity index is 562. The maximum absolute atomic E-state index is 12.0. The summed E-state index contributed by atoms with van der Waals surface area (Å²) in [6.07, 6.45) is 1.03. The number of hydrogen-bond acceptors (Lipinski definition) is 2. The summed E-state index contributed by atoms with van der Waals surface area (Å²) in [7, 11) is 0. The molecule has 0 fully saturated rings. The summed E-state index contributed by atoms with van der Waals surface area (Å²) in [5.74, 6) is 0.809. The summed E-state index contributed by atoms with van der Waals surface area (Å²) in [4.78, 5) is 12.0.